The van der Waals surface area contributed by atoms with Crippen molar-refractivity contribution in [2.24, 2.45) is 0 Å². The quantitative estimate of drug-likeness (QED) is 0.666. The first-order chi connectivity index (χ1) is 11.6. The van der Waals surface area contributed by atoms with Crippen LogP contribution in [0.25, 0.3) is 0 Å². The molecule has 0 aromatic heterocycles. The Kier molecular flexibility index (Phi) is 5.04. The molecular formula is C18H17Br2NO2S. The van der Waals surface area contributed by atoms with Crippen LogP contribution in [0.15, 0.2) is 57.5 Å². The molecule has 4 rings (SSSR count). The van der Waals surface area contributed by atoms with E-state index in [1.54, 1.807) is 0 Å². The van der Waals surface area contributed by atoms with E-state index in [2.05, 4.69) is 55.4 Å². The normalized spacial score (nSPS) is 29.9. The standard InChI is InChI=1S/C18H17Br2NO2S/c19-14-5-1-3-12(7-14)16-21-18(11-24-16)9-22-17(23-10-18)13-4-2-6-15(20)8-13/h1-8,16-17,21H,9-11H2. The predicted molar refractivity (Wildman–Crippen MR) is 104 cm³/mol. The highest BCUT2D eigenvalue weighted by Gasteiger charge is 2.44. The molecule has 2 fully saturated rings. The van der Waals surface area contributed by atoms with Gasteiger partial charge in [-0.3, -0.25) is 5.32 Å². The fraction of sp³-hybridized carbons (Fsp3) is 0.333. The molecule has 0 radical (unpaired) electrons. The highest BCUT2D eigenvalue weighted by atomic mass is 79.9. The van der Waals surface area contributed by atoms with E-state index < -0.39 is 0 Å². The van der Waals surface area contributed by atoms with E-state index in [4.69, 9.17) is 9.47 Å². The van der Waals surface area contributed by atoms with Gasteiger partial charge in [-0.05, 0) is 29.8 Å². The van der Waals surface area contributed by atoms with Crippen molar-refractivity contribution in [3.63, 3.8) is 0 Å². The molecule has 0 bridgehead atoms. The van der Waals surface area contributed by atoms with Crippen LogP contribution in [0.3, 0.4) is 0 Å². The van der Waals surface area contributed by atoms with Crippen LogP contribution in [0.2, 0.25) is 0 Å². The summed E-state index contributed by atoms with van der Waals surface area (Å²) in [5.74, 6) is 0.982. The van der Waals surface area contributed by atoms with Gasteiger partial charge in [0.25, 0.3) is 0 Å². The van der Waals surface area contributed by atoms with Crippen molar-refractivity contribution < 1.29 is 9.47 Å². The van der Waals surface area contributed by atoms with Gasteiger partial charge < -0.3 is 9.47 Å². The van der Waals surface area contributed by atoms with Gasteiger partial charge in [0.15, 0.2) is 6.29 Å². The lowest BCUT2D eigenvalue weighted by Gasteiger charge is -2.37. The Morgan fingerprint density at radius 3 is 2.25 bits per heavy atom. The molecule has 2 aliphatic heterocycles. The summed E-state index contributed by atoms with van der Waals surface area (Å²) in [6.45, 7) is 1.31. The summed E-state index contributed by atoms with van der Waals surface area (Å²) in [7, 11) is 0. The molecule has 2 saturated heterocycles. The van der Waals surface area contributed by atoms with E-state index in [0.29, 0.717) is 13.2 Å². The van der Waals surface area contributed by atoms with E-state index >= 15 is 0 Å². The van der Waals surface area contributed by atoms with Gasteiger partial charge in [-0.1, -0.05) is 56.1 Å². The van der Waals surface area contributed by atoms with Crippen LogP contribution < -0.4 is 5.32 Å². The number of hydrogen-bond donors (Lipinski definition) is 1. The van der Waals surface area contributed by atoms with Crippen LogP contribution in [0.5, 0.6) is 0 Å². The van der Waals surface area contributed by atoms with Gasteiger partial charge >= 0.3 is 0 Å². The van der Waals surface area contributed by atoms with Gasteiger partial charge in [0, 0.05) is 20.3 Å². The zero-order chi connectivity index (χ0) is 16.6. The van der Waals surface area contributed by atoms with Crippen molar-refractivity contribution in [3.05, 3.63) is 68.6 Å². The number of thioether (sulfide) groups is 1. The molecule has 0 aliphatic carbocycles. The summed E-state index contributed by atoms with van der Waals surface area (Å²) >= 11 is 8.95. The molecule has 1 atom stereocenters. The number of hydrogen-bond acceptors (Lipinski definition) is 4. The van der Waals surface area contributed by atoms with Crippen molar-refractivity contribution in [1.82, 2.24) is 5.32 Å². The van der Waals surface area contributed by atoms with Crippen LogP contribution >= 0.6 is 43.6 Å². The van der Waals surface area contributed by atoms with Crippen LogP contribution in [-0.2, 0) is 9.47 Å². The van der Waals surface area contributed by atoms with E-state index in [9.17, 15) is 0 Å². The maximum Gasteiger partial charge on any atom is 0.184 e. The molecule has 0 amide bonds. The highest BCUT2D eigenvalue weighted by Crippen LogP contribution is 2.41. The van der Waals surface area contributed by atoms with E-state index in [-0.39, 0.29) is 17.2 Å². The first-order valence-corrected chi connectivity index (χ1v) is 10.4. The van der Waals surface area contributed by atoms with Gasteiger partial charge in [-0.25, -0.2) is 0 Å². The second-order valence-electron chi connectivity index (χ2n) is 6.18. The lowest BCUT2D eigenvalue weighted by molar-refractivity contribution is -0.212. The fourth-order valence-electron chi connectivity index (χ4n) is 3.03. The minimum atomic E-state index is -0.287. The third-order valence-corrected chi connectivity index (χ3v) is 6.69. The zero-order valence-electron chi connectivity index (χ0n) is 12.9. The maximum absolute atomic E-state index is 6.04. The third-order valence-electron chi connectivity index (χ3n) is 4.26. The minimum Gasteiger partial charge on any atom is -0.346 e. The Hall–Kier alpha value is -0.370. The largest absolute Gasteiger partial charge is 0.346 e. The average molecular weight is 471 g/mol. The van der Waals surface area contributed by atoms with Crippen LogP contribution in [0, 0.1) is 0 Å². The second kappa shape index (κ2) is 7.09. The molecule has 2 aromatic rings. The van der Waals surface area contributed by atoms with Gasteiger partial charge in [0.1, 0.15) is 0 Å². The Bertz CT molecular complexity index is 734. The molecule has 6 heteroatoms. The Morgan fingerprint density at radius 1 is 0.958 bits per heavy atom. The van der Waals surface area contributed by atoms with Crippen molar-refractivity contribution in [2.45, 2.75) is 17.2 Å². The molecular weight excluding hydrogens is 454 g/mol. The topological polar surface area (TPSA) is 30.5 Å². The molecule has 24 heavy (non-hydrogen) atoms. The lowest BCUT2D eigenvalue weighted by atomic mass is 10.0. The van der Waals surface area contributed by atoms with E-state index in [1.165, 1.54) is 5.56 Å². The number of nitrogens with one attached hydrogen (secondary N) is 1. The summed E-state index contributed by atoms with van der Waals surface area (Å²) in [4.78, 5) is 0. The van der Waals surface area contributed by atoms with Crippen molar-refractivity contribution in [2.75, 3.05) is 19.0 Å². The lowest BCUT2D eigenvalue weighted by Crippen LogP contribution is -2.54. The summed E-state index contributed by atoms with van der Waals surface area (Å²) in [6.07, 6.45) is -0.287. The third kappa shape index (κ3) is 3.59. The van der Waals surface area contributed by atoms with Gasteiger partial charge in [-0.15, -0.1) is 11.8 Å². The maximum atomic E-state index is 6.04. The molecule has 2 aromatic carbocycles. The van der Waals surface area contributed by atoms with Crippen molar-refractivity contribution in [1.29, 1.82) is 0 Å². The van der Waals surface area contributed by atoms with Gasteiger partial charge in [0.05, 0.1) is 24.1 Å². The molecule has 1 unspecified atom stereocenters. The summed E-state index contributed by atoms with van der Waals surface area (Å²) in [6, 6.07) is 16.5. The molecule has 1 spiro atoms. The number of benzene rings is 2. The van der Waals surface area contributed by atoms with Crippen LogP contribution in [0.1, 0.15) is 22.8 Å². The van der Waals surface area contributed by atoms with Crippen molar-refractivity contribution >= 4 is 43.6 Å². The molecule has 1 N–H and O–H groups in total. The van der Waals surface area contributed by atoms with Gasteiger partial charge in [-0.2, -0.15) is 0 Å². The van der Waals surface area contributed by atoms with E-state index in [0.717, 1.165) is 20.3 Å². The molecule has 126 valence electrons. The first-order valence-electron chi connectivity index (χ1n) is 7.77. The summed E-state index contributed by atoms with van der Waals surface area (Å²) < 4.78 is 14.2. The average Bonchev–Trinajstić information content (AvgIpc) is 2.99. The van der Waals surface area contributed by atoms with Gasteiger partial charge in [0.2, 0.25) is 0 Å². The molecule has 2 aliphatic rings. The Morgan fingerprint density at radius 2 is 1.58 bits per heavy atom. The SMILES string of the molecule is Brc1cccc(C2OCC3(CO2)CSC(c2cccc(Br)c2)N3)c1. The molecule has 3 nitrogen and oxygen atoms in total. The Labute approximate surface area is 162 Å². The number of ether oxygens (including phenoxy) is 2. The fourth-order valence-corrected chi connectivity index (χ4v) is 5.27. The summed E-state index contributed by atoms with van der Waals surface area (Å²) in [5, 5.41) is 3.99. The highest BCUT2D eigenvalue weighted by molar-refractivity contribution is 9.10. The smallest absolute Gasteiger partial charge is 0.184 e. The first kappa shape index (κ1) is 17.1. The number of rotatable bonds is 2. The second-order valence-corrected chi connectivity index (χ2v) is 9.10. The van der Waals surface area contributed by atoms with Crippen molar-refractivity contribution in [3.8, 4) is 0 Å². The van der Waals surface area contributed by atoms with Crippen LogP contribution in [-0.4, -0.2) is 24.5 Å². The monoisotopic (exact) mass is 469 g/mol. The summed E-state index contributed by atoms with van der Waals surface area (Å²) in [5.41, 5.74) is 2.22. The Balaban J connectivity index is 1.42. The van der Waals surface area contributed by atoms with E-state index in [1.807, 2.05) is 42.1 Å². The predicted octanol–water partition coefficient (Wildman–Crippen LogP) is 5.03. The van der Waals surface area contributed by atoms with Crippen LogP contribution in [0.4, 0.5) is 0 Å². The molecule has 0 saturated carbocycles. The number of halogens is 2. The zero-order valence-corrected chi connectivity index (χ0v) is 16.9. The minimum absolute atomic E-state index is 0.111. The molecule has 2 heterocycles.